The second-order valence-electron chi connectivity index (χ2n) is 9.52. The number of phenolic OH excluding ortho intramolecular Hbond substituents is 1. The minimum absolute atomic E-state index is 0. The van der Waals surface area contributed by atoms with Crippen LogP contribution in [0.3, 0.4) is 0 Å². The average Bonchev–Trinajstić information content (AvgIpc) is 3.36. The molecule has 0 unspecified atom stereocenters. The second kappa shape index (κ2) is 8.14. The van der Waals surface area contributed by atoms with Gasteiger partial charge in [0.2, 0.25) is 0 Å². The fourth-order valence-electron chi connectivity index (χ4n) is 5.34. The van der Waals surface area contributed by atoms with Crippen molar-refractivity contribution in [2.75, 3.05) is 0 Å². The fraction of sp³-hybridized carbons (Fsp3) is 0.0968. The Bertz CT molecular complexity index is 1790. The smallest absolute Gasteiger partial charge is 0.152 e. The zero-order valence-electron chi connectivity index (χ0n) is 19.6. The van der Waals surface area contributed by atoms with Crippen molar-refractivity contribution in [1.29, 1.82) is 0 Å². The summed E-state index contributed by atoms with van der Waals surface area (Å²) in [5.74, 6) is 0.217. The monoisotopic (exact) mass is 648 g/mol. The predicted molar refractivity (Wildman–Crippen MR) is 138 cm³/mol. The van der Waals surface area contributed by atoms with Gasteiger partial charge in [0.25, 0.3) is 0 Å². The molecule has 0 saturated carbocycles. The van der Waals surface area contributed by atoms with Crippen molar-refractivity contribution >= 4 is 22.1 Å². The van der Waals surface area contributed by atoms with Crippen molar-refractivity contribution < 1.29 is 30.6 Å². The first-order valence-corrected chi connectivity index (χ1v) is 11.7. The number of para-hydroxylation sites is 1. The molecule has 0 atom stereocenters. The molecule has 178 valence electrons. The number of fused-ring (bicyclic) bond motifs is 7. The normalized spacial score (nSPS) is 13.4. The molecule has 0 aliphatic heterocycles. The third-order valence-corrected chi connectivity index (χ3v) is 7.13. The predicted octanol–water partition coefficient (Wildman–Crippen LogP) is 7.52. The molecule has 3 heterocycles. The van der Waals surface area contributed by atoms with Crippen LogP contribution < -0.4 is 0 Å². The van der Waals surface area contributed by atoms with E-state index in [9.17, 15) is 5.11 Å². The van der Waals surface area contributed by atoms with Gasteiger partial charge in [0.05, 0.1) is 16.8 Å². The van der Waals surface area contributed by atoms with Crippen molar-refractivity contribution in [3.63, 3.8) is 0 Å². The molecule has 0 radical (unpaired) electrons. The van der Waals surface area contributed by atoms with Crippen LogP contribution in [0.5, 0.6) is 5.75 Å². The van der Waals surface area contributed by atoms with Crippen LogP contribution in [-0.2, 0) is 26.5 Å². The molecule has 0 saturated heterocycles. The van der Waals surface area contributed by atoms with Gasteiger partial charge in [0.15, 0.2) is 5.58 Å². The van der Waals surface area contributed by atoms with Gasteiger partial charge in [-0.25, -0.2) is 4.98 Å². The minimum atomic E-state index is -0.225. The van der Waals surface area contributed by atoms with E-state index in [0.717, 1.165) is 55.8 Å². The van der Waals surface area contributed by atoms with Crippen LogP contribution in [0, 0.1) is 6.07 Å². The van der Waals surface area contributed by atoms with Crippen LogP contribution in [-0.4, -0.2) is 15.1 Å². The van der Waals surface area contributed by atoms with Gasteiger partial charge in [-0.05, 0) is 47.2 Å². The van der Waals surface area contributed by atoms with Crippen LogP contribution in [0.25, 0.3) is 55.8 Å². The van der Waals surface area contributed by atoms with Gasteiger partial charge in [-0.1, -0.05) is 44.2 Å². The van der Waals surface area contributed by atoms with Crippen LogP contribution in [0.4, 0.5) is 0 Å². The van der Waals surface area contributed by atoms with Gasteiger partial charge in [-0.3, -0.25) is 4.98 Å². The number of benzene rings is 3. The summed E-state index contributed by atoms with van der Waals surface area (Å²) in [7, 11) is 0. The first kappa shape index (κ1) is 22.7. The number of furan rings is 1. The number of aromatic hydroxyl groups is 1. The van der Waals surface area contributed by atoms with Crippen molar-refractivity contribution in [2.45, 2.75) is 19.3 Å². The molecule has 3 aromatic carbocycles. The molecule has 1 N–H and O–H groups in total. The largest absolute Gasteiger partial charge is 0.507 e. The Morgan fingerprint density at radius 1 is 0.778 bits per heavy atom. The number of nitrogens with zero attached hydrogens (tertiary/aromatic N) is 2. The maximum atomic E-state index is 10.5. The van der Waals surface area contributed by atoms with E-state index < -0.39 is 0 Å². The molecule has 0 bridgehead atoms. The SMILES string of the molecule is CC1(C)c2ccc(-c3ccccc3O)nc2-c2c1ccc1oc3ccc(-c4[c-]cccc4)nc3c21.[Pt]. The number of hydrogen-bond donors (Lipinski definition) is 1. The number of pyridine rings is 2. The standard InChI is InChI=1S/C31H21N2O2.Pt/c1-31(2)20-13-16-25-28(30-26(35-25)17-15-22(32-30)18-8-4-3-5-9-18)27(20)29-21(31)12-14-23(33-29)19-10-6-7-11-24(19)34;/h3-8,10-17,34H,1-2H3;/q-1;. The number of phenols is 1. The molecule has 0 fully saturated rings. The molecule has 6 aromatic rings. The average molecular weight is 649 g/mol. The minimum Gasteiger partial charge on any atom is -0.507 e. The van der Waals surface area contributed by atoms with Crippen LogP contribution in [0.2, 0.25) is 0 Å². The van der Waals surface area contributed by atoms with Gasteiger partial charge in [0.1, 0.15) is 16.8 Å². The second-order valence-corrected chi connectivity index (χ2v) is 9.52. The molecular weight excluding hydrogens is 627 g/mol. The van der Waals surface area contributed by atoms with E-state index in [2.05, 4.69) is 32.0 Å². The maximum Gasteiger partial charge on any atom is 0.152 e. The van der Waals surface area contributed by atoms with E-state index >= 15 is 0 Å². The summed E-state index contributed by atoms with van der Waals surface area (Å²) in [6.07, 6.45) is 0. The molecule has 1 aliphatic rings. The zero-order chi connectivity index (χ0) is 23.7. The summed E-state index contributed by atoms with van der Waals surface area (Å²) in [6, 6.07) is 30.7. The van der Waals surface area contributed by atoms with Crippen molar-refractivity contribution in [2.24, 2.45) is 0 Å². The van der Waals surface area contributed by atoms with E-state index in [1.165, 1.54) is 5.56 Å². The van der Waals surface area contributed by atoms with Gasteiger partial charge in [0, 0.05) is 37.6 Å². The van der Waals surface area contributed by atoms with Gasteiger partial charge in [-0.15, -0.1) is 35.9 Å². The first-order valence-electron chi connectivity index (χ1n) is 11.7. The molecule has 4 nitrogen and oxygen atoms in total. The first-order chi connectivity index (χ1) is 17.0. The Morgan fingerprint density at radius 3 is 2.33 bits per heavy atom. The Morgan fingerprint density at radius 2 is 1.53 bits per heavy atom. The van der Waals surface area contributed by atoms with E-state index in [0.29, 0.717) is 5.56 Å². The molecule has 0 spiro atoms. The Balaban J connectivity index is 0.00000240. The van der Waals surface area contributed by atoms with E-state index in [4.69, 9.17) is 14.4 Å². The fourth-order valence-corrected chi connectivity index (χ4v) is 5.34. The van der Waals surface area contributed by atoms with Crippen LogP contribution >= 0.6 is 0 Å². The van der Waals surface area contributed by atoms with E-state index in [1.54, 1.807) is 6.07 Å². The van der Waals surface area contributed by atoms with Gasteiger partial charge in [-0.2, -0.15) is 0 Å². The molecule has 1 aliphatic carbocycles. The number of aromatic nitrogens is 2. The van der Waals surface area contributed by atoms with Crippen molar-refractivity contribution in [1.82, 2.24) is 9.97 Å². The molecule has 0 amide bonds. The molecule has 5 heteroatoms. The molecule has 3 aromatic heterocycles. The number of hydrogen-bond acceptors (Lipinski definition) is 4. The Labute approximate surface area is 222 Å². The zero-order valence-corrected chi connectivity index (χ0v) is 21.9. The third-order valence-electron chi connectivity index (χ3n) is 7.13. The van der Waals surface area contributed by atoms with Crippen LogP contribution in [0.15, 0.2) is 89.3 Å². The van der Waals surface area contributed by atoms with Crippen molar-refractivity contribution in [3.05, 3.63) is 102 Å². The molecular formula is C31H21N2O2Pt-. The summed E-state index contributed by atoms with van der Waals surface area (Å²) in [5.41, 5.74) is 9.71. The van der Waals surface area contributed by atoms with Crippen LogP contribution in [0.1, 0.15) is 25.0 Å². The summed E-state index contributed by atoms with van der Waals surface area (Å²) in [5, 5.41) is 11.4. The topological polar surface area (TPSA) is 59.2 Å². The Kier molecular flexibility index (Phi) is 5.13. The summed E-state index contributed by atoms with van der Waals surface area (Å²) < 4.78 is 6.25. The third kappa shape index (κ3) is 3.18. The maximum absolute atomic E-state index is 10.5. The summed E-state index contributed by atoms with van der Waals surface area (Å²) in [6.45, 7) is 4.45. The van der Waals surface area contributed by atoms with Crippen molar-refractivity contribution in [3.8, 4) is 39.5 Å². The van der Waals surface area contributed by atoms with Gasteiger partial charge >= 0.3 is 0 Å². The van der Waals surface area contributed by atoms with E-state index in [-0.39, 0.29) is 32.2 Å². The molecule has 36 heavy (non-hydrogen) atoms. The molecule has 7 rings (SSSR count). The van der Waals surface area contributed by atoms with Gasteiger partial charge < -0.3 is 9.52 Å². The summed E-state index contributed by atoms with van der Waals surface area (Å²) in [4.78, 5) is 10.1. The quantitative estimate of drug-likeness (QED) is 0.198. The summed E-state index contributed by atoms with van der Waals surface area (Å²) >= 11 is 0. The Hall–Kier alpha value is -3.75. The van der Waals surface area contributed by atoms with E-state index in [1.807, 2.05) is 66.7 Å². The number of rotatable bonds is 2.